The minimum absolute atomic E-state index is 0.0882. The molecule has 0 saturated heterocycles. The lowest BCUT2D eigenvalue weighted by molar-refractivity contribution is -0.117. The van der Waals surface area contributed by atoms with Gasteiger partial charge in [0.25, 0.3) is 0 Å². The van der Waals surface area contributed by atoms with E-state index in [-0.39, 0.29) is 10.8 Å². The van der Waals surface area contributed by atoms with Gasteiger partial charge in [0, 0.05) is 0 Å². The lowest BCUT2D eigenvalue weighted by atomic mass is 10.2. The fourth-order valence-corrected chi connectivity index (χ4v) is 3.77. The predicted octanol–water partition coefficient (Wildman–Crippen LogP) is 2.27. The van der Waals surface area contributed by atoms with E-state index < -0.39 is 10.7 Å². The van der Waals surface area contributed by atoms with Crippen LogP contribution >= 0.6 is 23.1 Å². The molecule has 1 aromatic heterocycles. The lowest BCUT2D eigenvalue weighted by Crippen LogP contribution is -2.36. The summed E-state index contributed by atoms with van der Waals surface area (Å²) in [5, 5.41) is 11.5. The van der Waals surface area contributed by atoms with E-state index in [1.54, 1.807) is 0 Å². The topological polar surface area (TPSA) is 66.4 Å². The van der Waals surface area contributed by atoms with E-state index in [1.807, 2.05) is 13.8 Å². The second kappa shape index (κ2) is 3.24. The van der Waals surface area contributed by atoms with Gasteiger partial charge in [0.05, 0.1) is 14.6 Å². The van der Waals surface area contributed by atoms with Crippen molar-refractivity contribution in [3.8, 4) is 0 Å². The van der Waals surface area contributed by atoms with E-state index in [4.69, 9.17) is 5.11 Å². The smallest absolute Gasteiger partial charge is 0.345 e. The highest BCUT2D eigenvalue weighted by molar-refractivity contribution is 8.03. The number of thiophene rings is 1. The first-order valence-corrected chi connectivity index (χ1v) is 5.91. The average Bonchev–Trinajstić information content (AvgIpc) is 2.47. The molecule has 1 aliphatic heterocycles. The van der Waals surface area contributed by atoms with Crippen molar-refractivity contribution in [2.45, 2.75) is 22.8 Å². The van der Waals surface area contributed by atoms with Crippen LogP contribution in [0.2, 0.25) is 0 Å². The number of nitrogens with one attached hydrogen (secondary N) is 1. The molecule has 6 heteroatoms. The van der Waals surface area contributed by atoms with Crippen LogP contribution < -0.4 is 5.32 Å². The third kappa shape index (κ3) is 1.74. The Labute approximate surface area is 94.7 Å². The van der Waals surface area contributed by atoms with Gasteiger partial charge < -0.3 is 10.4 Å². The van der Waals surface area contributed by atoms with Crippen molar-refractivity contribution >= 4 is 40.7 Å². The normalized spacial score (nSPS) is 18.1. The van der Waals surface area contributed by atoms with Gasteiger partial charge in [-0.2, -0.15) is 0 Å². The zero-order chi connectivity index (χ0) is 11.2. The summed E-state index contributed by atoms with van der Waals surface area (Å²) in [5.74, 6) is -1.04. The molecule has 0 fully saturated rings. The van der Waals surface area contributed by atoms with E-state index in [1.165, 1.54) is 29.2 Å². The van der Waals surface area contributed by atoms with E-state index in [2.05, 4.69) is 5.32 Å². The molecule has 0 spiro atoms. The van der Waals surface area contributed by atoms with Gasteiger partial charge in [0.15, 0.2) is 0 Å². The SMILES string of the molecule is CC1(C)Sc2sc(C(=O)O)cc2NC1=O. The molecule has 2 rings (SSSR count). The standard InChI is InChI=1S/C9H9NO3S2/c1-9(2)8(13)10-4-3-5(6(11)12)14-7(4)15-9/h3H,1-2H3,(H,10,13)(H,11,12). The van der Waals surface area contributed by atoms with Crippen LogP contribution in [0.1, 0.15) is 23.5 Å². The minimum atomic E-state index is -0.956. The number of thioether (sulfide) groups is 1. The summed E-state index contributed by atoms with van der Waals surface area (Å²) < 4.78 is 0.324. The molecule has 0 radical (unpaired) electrons. The van der Waals surface area contributed by atoms with Crippen molar-refractivity contribution in [1.29, 1.82) is 0 Å². The van der Waals surface area contributed by atoms with Crippen molar-refractivity contribution < 1.29 is 14.7 Å². The van der Waals surface area contributed by atoms with E-state index in [0.29, 0.717) is 5.69 Å². The van der Waals surface area contributed by atoms with Gasteiger partial charge in [-0.3, -0.25) is 4.79 Å². The Morgan fingerprint density at radius 3 is 2.80 bits per heavy atom. The molecule has 0 saturated carbocycles. The van der Waals surface area contributed by atoms with Crippen LogP contribution in [0.4, 0.5) is 5.69 Å². The summed E-state index contributed by atoms with van der Waals surface area (Å²) in [6.07, 6.45) is 0. The van der Waals surface area contributed by atoms with E-state index in [9.17, 15) is 9.59 Å². The number of carboxylic acid groups (broad SMARTS) is 1. The number of anilines is 1. The Bertz CT molecular complexity index is 450. The minimum Gasteiger partial charge on any atom is -0.477 e. The van der Waals surface area contributed by atoms with Crippen molar-refractivity contribution in [2.24, 2.45) is 0 Å². The van der Waals surface area contributed by atoms with Crippen LogP contribution in [0, 0.1) is 0 Å². The van der Waals surface area contributed by atoms with Gasteiger partial charge in [-0.15, -0.1) is 11.3 Å². The first-order chi connectivity index (χ1) is 6.90. The number of hydrogen-bond acceptors (Lipinski definition) is 4. The summed E-state index contributed by atoms with van der Waals surface area (Å²) in [6, 6.07) is 1.50. The van der Waals surface area contributed by atoms with Gasteiger partial charge in [-0.25, -0.2) is 4.79 Å². The lowest BCUT2D eigenvalue weighted by Gasteiger charge is -2.27. The quantitative estimate of drug-likeness (QED) is 0.794. The first-order valence-electron chi connectivity index (χ1n) is 4.28. The summed E-state index contributed by atoms with van der Waals surface area (Å²) >= 11 is 2.60. The highest BCUT2D eigenvalue weighted by Crippen LogP contribution is 2.46. The second-order valence-electron chi connectivity index (χ2n) is 3.68. The molecular weight excluding hydrogens is 234 g/mol. The van der Waals surface area contributed by atoms with Gasteiger partial charge in [0.2, 0.25) is 5.91 Å². The van der Waals surface area contributed by atoms with Crippen LogP contribution in [0.3, 0.4) is 0 Å². The number of carbonyl (C=O) groups is 2. The maximum Gasteiger partial charge on any atom is 0.345 e. The van der Waals surface area contributed by atoms with E-state index in [0.717, 1.165) is 4.21 Å². The third-order valence-electron chi connectivity index (χ3n) is 2.05. The Morgan fingerprint density at radius 1 is 1.53 bits per heavy atom. The highest BCUT2D eigenvalue weighted by atomic mass is 32.2. The van der Waals surface area contributed by atoms with Gasteiger partial charge in [-0.05, 0) is 19.9 Å². The number of aromatic carboxylic acids is 1. The maximum atomic E-state index is 11.6. The Kier molecular flexibility index (Phi) is 2.27. The summed E-state index contributed by atoms with van der Waals surface area (Å²) in [5.41, 5.74) is 0.617. The van der Waals surface area contributed by atoms with Crippen molar-refractivity contribution in [2.75, 3.05) is 5.32 Å². The Morgan fingerprint density at radius 2 is 2.20 bits per heavy atom. The van der Waals surface area contributed by atoms with Crippen LogP contribution in [0.5, 0.6) is 0 Å². The third-order valence-corrected chi connectivity index (χ3v) is 4.57. The molecule has 2 heterocycles. The number of carboxylic acids is 1. The largest absolute Gasteiger partial charge is 0.477 e. The van der Waals surface area contributed by atoms with Gasteiger partial charge in [0.1, 0.15) is 4.88 Å². The molecule has 4 nitrogen and oxygen atoms in total. The molecule has 0 aliphatic carbocycles. The molecule has 15 heavy (non-hydrogen) atoms. The highest BCUT2D eigenvalue weighted by Gasteiger charge is 2.36. The first kappa shape index (κ1) is 10.5. The number of carbonyl (C=O) groups excluding carboxylic acids is 1. The molecule has 0 atom stereocenters. The summed E-state index contributed by atoms with van der Waals surface area (Å²) in [7, 11) is 0. The van der Waals surface area contributed by atoms with Crippen molar-refractivity contribution in [3.63, 3.8) is 0 Å². The number of rotatable bonds is 1. The molecule has 0 unspecified atom stereocenters. The molecule has 0 aromatic carbocycles. The molecule has 1 aromatic rings. The zero-order valence-corrected chi connectivity index (χ0v) is 9.79. The zero-order valence-electron chi connectivity index (χ0n) is 8.16. The van der Waals surface area contributed by atoms with Crippen molar-refractivity contribution in [1.82, 2.24) is 0 Å². The molecule has 1 amide bonds. The predicted molar refractivity (Wildman–Crippen MR) is 59.8 cm³/mol. The van der Waals surface area contributed by atoms with Crippen LogP contribution in [0.25, 0.3) is 0 Å². The molecule has 2 N–H and O–H groups in total. The summed E-state index contributed by atoms with van der Waals surface area (Å²) in [4.78, 5) is 22.6. The number of hydrogen-bond donors (Lipinski definition) is 2. The monoisotopic (exact) mass is 243 g/mol. The molecule has 1 aliphatic rings. The fourth-order valence-electron chi connectivity index (χ4n) is 1.19. The molecule has 80 valence electrons. The molecule has 0 bridgehead atoms. The maximum absolute atomic E-state index is 11.6. The number of fused-ring (bicyclic) bond motifs is 1. The number of amides is 1. The van der Waals surface area contributed by atoms with Crippen LogP contribution in [-0.2, 0) is 4.79 Å². The summed E-state index contributed by atoms with van der Waals surface area (Å²) in [6.45, 7) is 3.63. The fraction of sp³-hybridized carbons (Fsp3) is 0.333. The second-order valence-corrected chi connectivity index (χ2v) is 6.63. The van der Waals surface area contributed by atoms with Crippen LogP contribution in [0.15, 0.2) is 10.3 Å². The Hall–Kier alpha value is -1.01. The van der Waals surface area contributed by atoms with Crippen LogP contribution in [-0.4, -0.2) is 21.7 Å². The average molecular weight is 243 g/mol. The van der Waals surface area contributed by atoms with Gasteiger partial charge in [-0.1, -0.05) is 11.8 Å². The van der Waals surface area contributed by atoms with E-state index >= 15 is 0 Å². The van der Waals surface area contributed by atoms with Gasteiger partial charge >= 0.3 is 5.97 Å². The Balaban J connectivity index is 2.42. The van der Waals surface area contributed by atoms with Crippen molar-refractivity contribution in [3.05, 3.63) is 10.9 Å². The molecular formula is C9H9NO3S2.